The van der Waals surface area contributed by atoms with Crippen LogP contribution in [0.5, 0.6) is 0 Å². The van der Waals surface area contributed by atoms with Gasteiger partial charge < -0.3 is 0 Å². The smallest absolute Gasteiger partial charge is 0.279 e. The zero-order valence-corrected chi connectivity index (χ0v) is 10.8. The number of hydrogen-bond acceptors (Lipinski definition) is 6. The van der Waals surface area contributed by atoms with E-state index in [-0.39, 0.29) is 11.4 Å². The van der Waals surface area contributed by atoms with Crippen LogP contribution < -0.4 is 10.3 Å². The molecule has 0 radical (unpaired) electrons. The SMILES string of the molecule is O=C1C2NN=C(C(F)F)C2C(=O)N1c1ccc([N+](=O)[O-])cc1. The molecule has 0 saturated carbocycles. The van der Waals surface area contributed by atoms with E-state index in [4.69, 9.17) is 0 Å². The van der Waals surface area contributed by atoms with Gasteiger partial charge >= 0.3 is 0 Å². The molecule has 0 spiro atoms. The normalized spacial score (nSPS) is 23.6. The standard InChI is InChI=1S/C12H8F2N4O4/c13-10(14)8-7-9(16-15-8)12(20)17(11(7)19)5-1-3-6(4-2-5)18(21)22/h1-4,7,9-10,16H. The van der Waals surface area contributed by atoms with Crippen LogP contribution in [0.3, 0.4) is 0 Å². The predicted molar refractivity (Wildman–Crippen MR) is 69.4 cm³/mol. The number of nitrogens with zero attached hydrogens (tertiary/aromatic N) is 3. The minimum Gasteiger partial charge on any atom is -0.296 e. The first-order valence-corrected chi connectivity index (χ1v) is 6.15. The summed E-state index contributed by atoms with van der Waals surface area (Å²) in [4.78, 5) is 35.1. The number of rotatable bonds is 3. The van der Waals surface area contributed by atoms with Gasteiger partial charge in [0.2, 0.25) is 5.91 Å². The molecule has 2 unspecified atom stereocenters. The molecule has 2 atom stereocenters. The summed E-state index contributed by atoms with van der Waals surface area (Å²) < 4.78 is 25.6. The van der Waals surface area contributed by atoms with E-state index in [0.29, 0.717) is 0 Å². The number of nitrogens with one attached hydrogen (secondary N) is 1. The van der Waals surface area contributed by atoms with E-state index in [1.807, 2.05) is 0 Å². The molecule has 2 aliphatic heterocycles. The second kappa shape index (κ2) is 4.83. The molecular weight excluding hydrogens is 302 g/mol. The number of imide groups is 1. The molecule has 10 heteroatoms. The predicted octanol–water partition coefficient (Wildman–Crippen LogP) is 0.677. The van der Waals surface area contributed by atoms with Gasteiger partial charge in [-0.3, -0.25) is 25.1 Å². The van der Waals surface area contributed by atoms with Crippen LogP contribution in [0.15, 0.2) is 29.4 Å². The summed E-state index contributed by atoms with van der Waals surface area (Å²) in [6.45, 7) is 0. The Balaban J connectivity index is 1.93. The van der Waals surface area contributed by atoms with Gasteiger partial charge in [0.05, 0.1) is 10.6 Å². The second-order valence-electron chi connectivity index (χ2n) is 4.71. The number of amides is 2. The summed E-state index contributed by atoms with van der Waals surface area (Å²) in [5.74, 6) is -2.89. The number of carbonyl (C=O) groups excluding carboxylic acids is 2. The van der Waals surface area contributed by atoms with Crippen LogP contribution in [0.4, 0.5) is 20.2 Å². The highest BCUT2D eigenvalue weighted by Crippen LogP contribution is 2.32. The molecule has 1 N–H and O–H groups in total. The van der Waals surface area contributed by atoms with Gasteiger partial charge in [-0.05, 0) is 12.1 Å². The highest BCUT2D eigenvalue weighted by Gasteiger charge is 2.55. The van der Waals surface area contributed by atoms with Gasteiger partial charge in [-0.2, -0.15) is 5.10 Å². The van der Waals surface area contributed by atoms with Crippen molar-refractivity contribution in [3.63, 3.8) is 0 Å². The van der Waals surface area contributed by atoms with E-state index in [1.165, 1.54) is 12.1 Å². The van der Waals surface area contributed by atoms with Crippen molar-refractivity contribution in [2.24, 2.45) is 11.0 Å². The molecule has 114 valence electrons. The lowest BCUT2D eigenvalue weighted by atomic mass is 9.99. The molecule has 3 rings (SSSR count). The zero-order valence-electron chi connectivity index (χ0n) is 10.8. The maximum Gasteiger partial charge on any atom is 0.279 e. The van der Waals surface area contributed by atoms with Crippen molar-refractivity contribution < 1.29 is 23.3 Å². The first kappa shape index (κ1) is 14.0. The Labute approximate surface area is 121 Å². The van der Waals surface area contributed by atoms with Crippen LogP contribution in [0.2, 0.25) is 0 Å². The van der Waals surface area contributed by atoms with Crippen LogP contribution >= 0.6 is 0 Å². The lowest BCUT2D eigenvalue weighted by Gasteiger charge is -2.15. The van der Waals surface area contributed by atoms with E-state index in [1.54, 1.807) is 0 Å². The molecule has 1 saturated heterocycles. The Morgan fingerprint density at radius 3 is 2.41 bits per heavy atom. The number of hydrogen-bond donors (Lipinski definition) is 1. The first-order chi connectivity index (χ1) is 10.4. The van der Waals surface area contributed by atoms with Crippen LogP contribution in [0.25, 0.3) is 0 Å². The Kier molecular flexibility index (Phi) is 3.08. The van der Waals surface area contributed by atoms with E-state index in [2.05, 4.69) is 10.5 Å². The second-order valence-corrected chi connectivity index (χ2v) is 4.71. The minimum absolute atomic E-state index is 0.0883. The molecule has 1 aromatic carbocycles. The number of carbonyl (C=O) groups is 2. The fourth-order valence-corrected chi connectivity index (χ4v) is 2.48. The van der Waals surface area contributed by atoms with Gasteiger partial charge in [-0.25, -0.2) is 13.7 Å². The number of anilines is 1. The topological polar surface area (TPSA) is 105 Å². The molecule has 2 aliphatic rings. The van der Waals surface area contributed by atoms with Crippen molar-refractivity contribution in [3.8, 4) is 0 Å². The summed E-state index contributed by atoms with van der Waals surface area (Å²) in [5, 5.41) is 13.9. The van der Waals surface area contributed by atoms with Crippen molar-refractivity contribution in [2.45, 2.75) is 12.5 Å². The molecule has 2 heterocycles. The molecule has 1 aromatic rings. The van der Waals surface area contributed by atoms with Gasteiger partial charge in [0.1, 0.15) is 17.7 Å². The third kappa shape index (κ3) is 1.91. The van der Waals surface area contributed by atoms with Gasteiger partial charge in [0.15, 0.2) is 0 Å². The van der Waals surface area contributed by atoms with E-state index >= 15 is 0 Å². The third-order valence-electron chi connectivity index (χ3n) is 3.50. The quantitative estimate of drug-likeness (QED) is 0.502. The highest BCUT2D eigenvalue weighted by atomic mass is 19.3. The molecular formula is C12H8F2N4O4. The van der Waals surface area contributed by atoms with Gasteiger partial charge in [0, 0.05) is 12.1 Å². The lowest BCUT2D eigenvalue weighted by molar-refractivity contribution is -0.384. The van der Waals surface area contributed by atoms with E-state index in [0.717, 1.165) is 17.0 Å². The van der Waals surface area contributed by atoms with Gasteiger partial charge in [-0.15, -0.1) is 0 Å². The Hall–Kier alpha value is -2.91. The van der Waals surface area contributed by atoms with Gasteiger partial charge in [-0.1, -0.05) is 0 Å². The third-order valence-corrected chi connectivity index (χ3v) is 3.50. The average Bonchev–Trinajstić information content (AvgIpc) is 3.01. The lowest BCUT2D eigenvalue weighted by Crippen LogP contribution is -2.36. The highest BCUT2D eigenvalue weighted by molar-refractivity contribution is 6.31. The van der Waals surface area contributed by atoms with Gasteiger partial charge in [0.25, 0.3) is 18.0 Å². The molecule has 0 aliphatic carbocycles. The van der Waals surface area contributed by atoms with Crippen LogP contribution in [-0.2, 0) is 9.59 Å². The van der Waals surface area contributed by atoms with Crippen LogP contribution in [-0.4, -0.2) is 34.9 Å². The number of benzene rings is 1. The molecule has 0 aromatic heterocycles. The number of non-ortho nitro benzene ring substituents is 1. The van der Waals surface area contributed by atoms with Crippen molar-refractivity contribution >= 4 is 28.9 Å². The fourth-order valence-electron chi connectivity index (χ4n) is 2.48. The number of alkyl halides is 2. The summed E-state index contributed by atoms with van der Waals surface area (Å²) in [5.41, 5.74) is 1.45. The summed E-state index contributed by atoms with van der Waals surface area (Å²) >= 11 is 0. The number of nitro benzene ring substituents is 1. The Morgan fingerprint density at radius 1 is 1.23 bits per heavy atom. The Morgan fingerprint density at radius 2 is 1.86 bits per heavy atom. The number of nitro groups is 1. The summed E-state index contributed by atoms with van der Waals surface area (Å²) in [6, 6.07) is 3.52. The molecule has 1 fully saturated rings. The van der Waals surface area contributed by atoms with Crippen molar-refractivity contribution in [3.05, 3.63) is 34.4 Å². The maximum atomic E-state index is 12.8. The minimum atomic E-state index is -2.95. The van der Waals surface area contributed by atoms with E-state index < -0.39 is 40.8 Å². The fraction of sp³-hybridized carbons (Fsp3) is 0.250. The first-order valence-electron chi connectivity index (χ1n) is 6.15. The molecule has 8 nitrogen and oxygen atoms in total. The molecule has 0 bridgehead atoms. The maximum absolute atomic E-state index is 12.8. The number of hydrazone groups is 1. The number of fused-ring (bicyclic) bond motifs is 1. The van der Waals surface area contributed by atoms with Crippen molar-refractivity contribution in [1.82, 2.24) is 5.43 Å². The molecule has 22 heavy (non-hydrogen) atoms. The summed E-state index contributed by atoms with van der Waals surface area (Å²) in [6.07, 6.45) is -2.95. The molecule has 2 amide bonds. The zero-order chi connectivity index (χ0) is 16.0. The van der Waals surface area contributed by atoms with Crippen molar-refractivity contribution in [2.75, 3.05) is 4.90 Å². The average molecular weight is 310 g/mol. The van der Waals surface area contributed by atoms with Crippen molar-refractivity contribution in [1.29, 1.82) is 0 Å². The largest absolute Gasteiger partial charge is 0.296 e. The summed E-state index contributed by atoms with van der Waals surface area (Å²) in [7, 11) is 0. The number of halogens is 2. The monoisotopic (exact) mass is 310 g/mol. The Bertz CT molecular complexity index is 704. The van der Waals surface area contributed by atoms with Crippen LogP contribution in [0, 0.1) is 16.0 Å². The van der Waals surface area contributed by atoms with Crippen LogP contribution in [0.1, 0.15) is 0 Å². The van der Waals surface area contributed by atoms with E-state index in [9.17, 15) is 28.5 Å².